The number of rotatable bonds is 5. The number of hydrogen-bond donors (Lipinski definition) is 1. The Balaban J connectivity index is 1.88. The van der Waals surface area contributed by atoms with Gasteiger partial charge >= 0.3 is 6.09 Å². The lowest BCUT2D eigenvalue weighted by atomic mass is 10.2. The van der Waals surface area contributed by atoms with Gasteiger partial charge in [-0.2, -0.15) is 0 Å². The average Bonchev–Trinajstić information content (AvgIpc) is 2.58. The summed E-state index contributed by atoms with van der Waals surface area (Å²) in [5.74, 6) is 0.390. The molecule has 0 aliphatic carbocycles. The molecule has 1 heterocycles. The van der Waals surface area contributed by atoms with E-state index >= 15 is 0 Å². The minimum Gasteiger partial charge on any atom is -0.495 e. The Hall–Kier alpha value is -1.99. The molecule has 1 aliphatic heterocycles. The summed E-state index contributed by atoms with van der Waals surface area (Å²) < 4.78 is 10.3. The Morgan fingerprint density at radius 1 is 1.24 bits per heavy atom. The molecule has 25 heavy (non-hydrogen) atoms. The van der Waals surface area contributed by atoms with Crippen molar-refractivity contribution in [3.05, 3.63) is 22.7 Å². The smallest absolute Gasteiger partial charge is 0.409 e. The van der Waals surface area contributed by atoms with Crippen molar-refractivity contribution >= 4 is 29.3 Å². The number of carbonyl (C=O) groups is 2. The van der Waals surface area contributed by atoms with E-state index < -0.39 is 0 Å². The van der Waals surface area contributed by atoms with E-state index in [-0.39, 0.29) is 18.5 Å². The van der Waals surface area contributed by atoms with Crippen LogP contribution in [0.25, 0.3) is 0 Å². The van der Waals surface area contributed by atoms with Crippen molar-refractivity contribution in [2.75, 3.05) is 51.8 Å². The minimum absolute atomic E-state index is 0.135. The van der Waals surface area contributed by atoms with E-state index in [2.05, 4.69) is 5.32 Å². The topological polar surface area (TPSA) is 71.1 Å². The Bertz CT molecular complexity index is 631. The summed E-state index contributed by atoms with van der Waals surface area (Å²) in [7, 11) is 1.53. The summed E-state index contributed by atoms with van der Waals surface area (Å²) in [4.78, 5) is 27.7. The predicted molar refractivity (Wildman–Crippen MR) is 96.4 cm³/mol. The molecular weight excluding hydrogens is 346 g/mol. The molecule has 0 bridgehead atoms. The first-order chi connectivity index (χ1) is 11.9. The van der Waals surface area contributed by atoms with Gasteiger partial charge in [0.2, 0.25) is 5.91 Å². The fourth-order valence-electron chi connectivity index (χ4n) is 2.63. The van der Waals surface area contributed by atoms with Gasteiger partial charge in [-0.3, -0.25) is 9.69 Å². The molecule has 0 radical (unpaired) electrons. The van der Waals surface area contributed by atoms with E-state index in [1.807, 2.05) is 11.8 Å². The number of nitrogens with zero attached hydrogens (tertiary/aromatic N) is 2. The summed E-state index contributed by atoms with van der Waals surface area (Å²) in [6.45, 7) is 6.62. The number of methoxy groups -OCH3 is 1. The third kappa shape index (κ3) is 5.24. The molecule has 1 fully saturated rings. The van der Waals surface area contributed by atoms with Crippen molar-refractivity contribution in [1.29, 1.82) is 0 Å². The van der Waals surface area contributed by atoms with Gasteiger partial charge in [-0.1, -0.05) is 11.6 Å². The zero-order valence-electron chi connectivity index (χ0n) is 14.8. The van der Waals surface area contributed by atoms with Crippen molar-refractivity contribution in [3.8, 4) is 5.75 Å². The molecule has 8 heteroatoms. The molecule has 1 N–H and O–H groups in total. The van der Waals surface area contributed by atoms with E-state index in [1.54, 1.807) is 24.0 Å². The lowest BCUT2D eigenvalue weighted by Crippen LogP contribution is -2.50. The Kier molecular flexibility index (Phi) is 6.90. The first kappa shape index (κ1) is 19.3. The van der Waals surface area contributed by atoms with Crippen molar-refractivity contribution in [3.63, 3.8) is 0 Å². The standard InChI is InChI=1S/C17H24ClN3O4/c1-4-25-17(23)21-7-5-20(6-8-21)11-16(22)19-14-9-12(2)13(18)10-15(14)24-3/h9-10H,4-8,11H2,1-3H3,(H,19,22). The zero-order valence-corrected chi connectivity index (χ0v) is 15.6. The summed E-state index contributed by atoms with van der Waals surface area (Å²) in [5.41, 5.74) is 1.46. The fourth-order valence-corrected chi connectivity index (χ4v) is 2.78. The number of piperazine rings is 1. The molecule has 2 amide bonds. The first-order valence-electron chi connectivity index (χ1n) is 8.22. The van der Waals surface area contributed by atoms with Crippen LogP contribution < -0.4 is 10.1 Å². The van der Waals surface area contributed by atoms with Crippen LogP contribution >= 0.6 is 11.6 Å². The largest absolute Gasteiger partial charge is 0.495 e. The maximum Gasteiger partial charge on any atom is 0.409 e. The van der Waals surface area contributed by atoms with Gasteiger partial charge < -0.3 is 19.7 Å². The van der Waals surface area contributed by atoms with Crippen molar-refractivity contribution in [2.45, 2.75) is 13.8 Å². The fraction of sp³-hybridized carbons (Fsp3) is 0.529. The Morgan fingerprint density at radius 2 is 1.92 bits per heavy atom. The number of anilines is 1. The number of hydrogen-bond acceptors (Lipinski definition) is 5. The molecule has 2 rings (SSSR count). The molecule has 0 aromatic heterocycles. The van der Waals surface area contributed by atoms with Crippen LogP contribution in [0.3, 0.4) is 0 Å². The highest BCUT2D eigenvalue weighted by atomic mass is 35.5. The van der Waals surface area contributed by atoms with Gasteiger partial charge in [0.25, 0.3) is 0 Å². The zero-order chi connectivity index (χ0) is 18.4. The Labute approximate surface area is 152 Å². The van der Waals surface area contributed by atoms with Gasteiger partial charge in [0, 0.05) is 37.3 Å². The Morgan fingerprint density at radius 3 is 2.52 bits per heavy atom. The highest BCUT2D eigenvalue weighted by molar-refractivity contribution is 6.31. The minimum atomic E-state index is -0.298. The van der Waals surface area contributed by atoms with Crippen molar-refractivity contribution < 1.29 is 19.1 Å². The molecule has 1 saturated heterocycles. The van der Waals surface area contributed by atoms with Gasteiger partial charge in [0.1, 0.15) is 5.75 Å². The normalized spacial score (nSPS) is 15.0. The predicted octanol–water partition coefficient (Wildman–Crippen LogP) is 2.37. The second kappa shape index (κ2) is 8.92. The molecule has 0 atom stereocenters. The summed E-state index contributed by atoms with van der Waals surface area (Å²) in [6, 6.07) is 3.47. The molecule has 1 aromatic carbocycles. The molecule has 0 spiro atoms. The maximum atomic E-state index is 12.3. The van der Waals surface area contributed by atoms with Gasteiger partial charge in [-0.05, 0) is 25.5 Å². The molecule has 0 unspecified atom stereocenters. The molecule has 138 valence electrons. The van der Waals surface area contributed by atoms with E-state index in [4.69, 9.17) is 21.1 Å². The van der Waals surface area contributed by atoms with Crippen LogP contribution in [0, 0.1) is 6.92 Å². The van der Waals surface area contributed by atoms with Crippen LogP contribution in [0.15, 0.2) is 12.1 Å². The van der Waals surface area contributed by atoms with E-state index in [0.717, 1.165) is 5.56 Å². The third-order valence-corrected chi connectivity index (χ3v) is 4.43. The monoisotopic (exact) mass is 369 g/mol. The highest BCUT2D eigenvalue weighted by Gasteiger charge is 2.23. The van der Waals surface area contributed by atoms with Crippen LogP contribution in [-0.4, -0.2) is 68.2 Å². The second-order valence-electron chi connectivity index (χ2n) is 5.81. The van der Waals surface area contributed by atoms with Gasteiger partial charge in [0.15, 0.2) is 0 Å². The van der Waals surface area contributed by atoms with Gasteiger partial charge in [0.05, 0.1) is 25.9 Å². The van der Waals surface area contributed by atoms with Crippen LogP contribution in [0.1, 0.15) is 12.5 Å². The molecule has 1 aromatic rings. The van der Waals surface area contributed by atoms with Crippen LogP contribution in [0.4, 0.5) is 10.5 Å². The highest BCUT2D eigenvalue weighted by Crippen LogP contribution is 2.30. The lowest BCUT2D eigenvalue weighted by Gasteiger charge is -2.33. The number of nitrogens with one attached hydrogen (secondary N) is 1. The quantitative estimate of drug-likeness (QED) is 0.862. The molecular formula is C17H24ClN3O4. The van der Waals surface area contributed by atoms with Crippen LogP contribution in [0.2, 0.25) is 5.02 Å². The number of halogens is 1. The van der Waals surface area contributed by atoms with E-state index in [0.29, 0.717) is 49.2 Å². The number of benzene rings is 1. The average molecular weight is 370 g/mol. The van der Waals surface area contributed by atoms with Crippen LogP contribution in [0.5, 0.6) is 5.75 Å². The second-order valence-corrected chi connectivity index (χ2v) is 6.22. The molecule has 1 aliphatic rings. The van der Waals surface area contributed by atoms with Gasteiger partial charge in [-0.15, -0.1) is 0 Å². The molecule has 0 saturated carbocycles. The number of aryl methyl sites for hydroxylation is 1. The summed E-state index contributed by atoms with van der Waals surface area (Å²) in [6.07, 6.45) is -0.298. The van der Waals surface area contributed by atoms with Crippen LogP contribution in [-0.2, 0) is 9.53 Å². The van der Waals surface area contributed by atoms with Crippen molar-refractivity contribution in [1.82, 2.24) is 9.80 Å². The van der Waals surface area contributed by atoms with Crippen molar-refractivity contribution in [2.24, 2.45) is 0 Å². The number of ether oxygens (including phenoxy) is 2. The van der Waals surface area contributed by atoms with E-state index in [1.165, 1.54) is 7.11 Å². The maximum absolute atomic E-state index is 12.3. The number of amides is 2. The van der Waals surface area contributed by atoms with E-state index in [9.17, 15) is 9.59 Å². The molecule has 7 nitrogen and oxygen atoms in total. The lowest BCUT2D eigenvalue weighted by molar-refractivity contribution is -0.117. The summed E-state index contributed by atoms with van der Waals surface area (Å²) >= 11 is 6.08. The third-order valence-electron chi connectivity index (χ3n) is 4.02. The van der Waals surface area contributed by atoms with Gasteiger partial charge in [-0.25, -0.2) is 4.79 Å². The SMILES string of the molecule is CCOC(=O)N1CCN(CC(=O)Nc2cc(C)c(Cl)cc2OC)CC1. The first-order valence-corrected chi connectivity index (χ1v) is 8.60. The number of carbonyl (C=O) groups excluding carboxylic acids is 2. The summed E-state index contributed by atoms with van der Waals surface area (Å²) in [5, 5.41) is 3.45.